The summed E-state index contributed by atoms with van der Waals surface area (Å²) in [6.07, 6.45) is 3.22. The number of esters is 1. The molecule has 1 atom stereocenters. The highest BCUT2D eigenvalue weighted by Crippen LogP contribution is 2.29. The van der Waals surface area contributed by atoms with Gasteiger partial charge in [-0.15, -0.1) is 0 Å². The number of rotatable bonds is 16. The molecule has 0 radical (unpaired) electrons. The predicted octanol–water partition coefficient (Wildman–Crippen LogP) is 8.39. The van der Waals surface area contributed by atoms with Gasteiger partial charge in [0.15, 0.2) is 16.6 Å². The molecule has 0 rings (SSSR count). The first-order chi connectivity index (χ1) is 12.9. The lowest BCUT2D eigenvalue weighted by Gasteiger charge is -2.41. The van der Waals surface area contributed by atoms with Gasteiger partial charge in [0.1, 0.15) is 0 Å². The smallest absolute Gasteiger partial charge is 0.333 e. The van der Waals surface area contributed by atoms with Crippen LogP contribution in [-0.2, 0) is 22.5 Å². The summed E-state index contributed by atoms with van der Waals surface area (Å²) < 4.78 is 24.4. The van der Waals surface area contributed by atoms with Crippen LogP contribution < -0.4 is 0 Å². The fourth-order valence-corrected chi connectivity index (χ4v) is 17.4. The van der Waals surface area contributed by atoms with Crippen molar-refractivity contribution in [2.24, 2.45) is 0 Å². The second-order valence-electron chi connectivity index (χ2n) is 8.93. The average Bonchev–Trinajstić information content (AvgIpc) is 2.55. The van der Waals surface area contributed by atoms with E-state index in [0.29, 0.717) is 18.8 Å². The van der Waals surface area contributed by atoms with Gasteiger partial charge in [0.25, 0.3) is 0 Å². The van der Waals surface area contributed by atoms with Crippen LogP contribution in [0.3, 0.4) is 0 Å². The molecule has 0 N–H and O–H groups in total. The molecule has 0 aromatic rings. The highest BCUT2D eigenvalue weighted by Gasteiger charge is 2.42. The zero-order chi connectivity index (χ0) is 21.8. The van der Waals surface area contributed by atoms with Gasteiger partial charge in [-0.25, -0.2) is 4.79 Å². The van der Waals surface area contributed by atoms with Crippen molar-refractivity contribution in [3.05, 3.63) is 12.2 Å². The number of unbranched alkanes of at least 4 members (excludes halogenated alkanes) is 1. The van der Waals surface area contributed by atoms with Gasteiger partial charge < -0.3 is 17.7 Å². The third-order valence-corrected chi connectivity index (χ3v) is 16.6. The summed E-state index contributed by atoms with van der Waals surface area (Å²) in [5.41, 5.74) is 0.441. The Kier molecular flexibility index (Phi) is 26.4. The van der Waals surface area contributed by atoms with Crippen LogP contribution in [-0.4, -0.2) is 51.0 Å². The summed E-state index contributed by atoms with van der Waals surface area (Å²) in [6.45, 7) is 22.7. The van der Waals surface area contributed by atoms with E-state index in [1.807, 2.05) is 6.92 Å². The first-order valence-electron chi connectivity index (χ1n) is 10.7. The molecule has 0 amide bonds. The maximum atomic E-state index is 11.5. The minimum atomic E-state index is -2.33. The average molecular weight is 513 g/mol. The van der Waals surface area contributed by atoms with Crippen molar-refractivity contribution in [1.82, 2.24) is 0 Å². The molecule has 0 bridgehead atoms. The van der Waals surface area contributed by atoms with Crippen LogP contribution in [0.2, 0.25) is 50.9 Å². The summed E-state index contributed by atoms with van der Waals surface area (Å²) in [5, 5.41) is 0. The predicted molar refractivity (Wildman–Crippen MR) is 152 cm³/mol. The molecule has 0 saturated carbocycles. The highest BCUT2D eigenvalue weighted by atomic mass is 28.5. The Morgan fingerprint density at radius 1 is 0.781 bits per heavy atom. The largest absolute Gasteiger partial charge is 0.462 e. The number of carbonyl (C=O) groups excluding carboxylic acids is 1. The molecule has 5 nitrogen and oxygen atoms in total. The van der Waals surface area contributed by atoms with Gasteiger partial charge in [0.05, 0.1) is 6.61 Å². The van der Waals surface area contributed by atoms with Gasteiger partial charge >= 0.3 is 14.5 Å². The summed E-state index contributed by atoms with van der Waals surface area (Å²) in [4.78, 5) is 11.5. The minimum Gasteiger partial charge on any atom is -0.462 e. The SMILES string of the molecule is C.C.C.C.C=C(C)C(=O)OCCC[Si](C)(C)O[Si](C)(CCOCC)O[Si](C)(C)CCCC. The Hall–Kier alpha value is -0.259. The lowest BCUT2D eigenvalue weighted by molar-refractivity contribution is -0.138. The second kappa shape index (κ2) is 20.1. The van der Waals surface area contributed by atoms with Crippen molar-refractivity contribution < 1.29 is 22.5 Å². The second-order valence-corrected chi connectivity index (χ2v) is 21.4. The van der Waals surface area contributed by atoms with E-state index in [-0.39, 0.29) is 35.7 Å². The van der Waals surface area contributed by atoms with Crippen LogP contribution in [0.25, 0.3) is 0 Å². The minimum absolute atomic E-state index is 0. The van der Waals surface area contributed by atoms with Crippen LogP contribution >= 0.6 is 0 Å². The molecule has 0 spiro atoms. The van der Waals surface area contributed by atoms with E-state index in [0.717, 1.165) is 25.1 Å². The van der Waals surface area contributed by atoms with Gasteiger partial charge in [0, 0.05) is 24.8 Å². The number of carbonyl (C=O) groups is 1. The molecule has 0 fully saturated rings. The Bertz CT molecular complexity index is 484. The normalized spacial score (nSPS) is 12.8. The van der Waals surface area contributed by atoms with Crippen LogP contribution in [0.1, 0.15) is 69.7 Å². The molecule has 0 heterocycles. The lowest BCUT2D eigenvalue weighted by Crippen LogP contribution is -2.54. The summed E-state index contributed by atoms with van der Waals surface area (Å²) in [5.74, 6) is -0.316. The Labute approximate surface area is 206 Å². The molecule has 32 heavy (non-hydrogen) atoms. The van der Waals surface area contributed by atoms with Crippen LogP contribution in [0.15, 0.2) is 12.2 Å². The standard InChI is InChI=1S/C20H44O5Si3.4CH4/c1-10-12-16-26(5,6)24-28(9,18-15-22-11-2)25-27(7,8)17-13-14-23-20(21)19(3)4;;;;/h3,10-18H2,1-2,4-9H3;4*1H4. The van der Waals surface area contributed by atoms with E-state index in [9.17, 15) is 4.79 Å². The number of hydrogen-bond donors (Lipinski definition) is 0. The van der Waals surface area contributed by atoms with E-state index in [1.54, 1.807) is 6.92 Å². The molecule has 198 valence electrons. The quantitative estimate of drug-likeness (QED) is 0.0899. The van der Waals surface area contributed by atoms with Crippen molar-refractivity contribution in [1.29, 1.82) is 0 Å². The zero-order valence-corrected chi connectivity index (χ0v) is 22.6. The van der Waals surface area contributed by atoms with Gasteiger partial charge in [-0.2, -0.15) is 0 Å². The van der Waals surface area contributed by atoms with E-state index in [1.165, 1.54) is 18.9 Å². The van der Waals surface area contributed by atoms with Gasteiger partial charge in [0.2, 0.25) is 0 Å². The molecule has 0 aromatic carbocycles. The molecule has 0 aliphatic rings. The van der Waals surface area contributed by atoms with Gasteiger partial charge in [-0.1, -0.05) is 56.1 Å². The monoisotopic (exact) mass is 512 g/mol. The summed E-state index contributed by atoms with van der Waals surface area (Å²) >= 11 is 0. The maximum Gasteiger partial charge on any atom is 0.333 e. The van der Waals surface area contributed by atoms with Crippen molar-refractivity contribution in [2.75, 3.05) is 19.8 Å². The molecule has 0 aliphatic heterocycles. The van der Waals surface area contributed by atoms with Crippen LogP contribution in [0.4, 0.5) is 0 Å². The van der Waals surface area contributed by atoms with Crippen molar-refractivity contribution >= 4 is 31.2 Å². The summed E-state index contributed by atoms with van der Waals surface area (Å²) in [6, 6.07) is 2.97. The Morgan fingerprint density at radius 3 is 1.66 bits per heavy atom. The van der Waals surface area contributed by atoms with Crippen molar-refractivity contribution in [3.63, 3.8) is 0 Å². The van der Waals surface area contributed by atoms with E-state index < -0.39 is 25.2 Å². The lowest BCUT2D eigenvalue weighted by atomic mass is 10.4. The van der Waals surface area contributed by atoms with Crippen LogP contribution in [0, 0.1) is 0 Å². The number of hydrogen-bond acceptors (Lipinski definition) is 5. The van der Waals surface area contributed by atoms with Crippen LogP contribution in [0.5, 0.6) is 0 Å². The van der Waals surface area contributed by atoms with Gasteiger partial charge in [-0.3, -0.25) is 0 Å². The molecule has 0 aliphatic carbocycles. The molecule has 0 aromatic heterocycles. The van der Waals surface area contributed by atoms with Crippen molar-refractivity contribution in [3.8, 4) is 0 Å². The first-order valence-corrected chi connectivity index (χ1v) is 19.4. The summed E-state index contributed by atoms with van der Waals surface area (Å²) in [7, 11) is -6.03. The van der Waals surface area contributed by atoms with E-state index in [2.05, 4.69) is 46.2 Å². The van der Waals surface area contributed by atoms with E-state index >= 15 is 0 Å². The van der Waals surface area contributed by atoms with Crippen molar-refractivity contribution in [2.45, 2.75) is 121 Å². The Balaban J connectivity index is -0.000000607. The van der Waals surface area contributed by atoms with Gasteiger partial charge in [-0.05, 0) is 65.1 Å². The zero-order valence-electron chi connectivity index (χ0n) is 19.6. The molecule has 8 heteroatoms. The number of ether oxygens (including phenoxy) is 2. The fraction of sp³-hybridized carbons (Fsp3) is 0.875. The molecule has 1 unspecified atom stereocenters. The maximum absolute atomic E-state index is 11.5. The fourth-order valence-electron chi connectivity index (χ4n) is 3.18. The molecule has 0 saturated heterocycles. The molecular formula is C24H60O5Si3. The molecular weight excluding hydrogens is 453 g/mol. The Morgan fingerprint density at radius 2 is 1.25 bits per heavy atom. The topological polar surface area (TPSA) is 54.0 Å². The van der Waals surface area contributed by atoms with E-state index in [4.69, 9.17) is 17.7 Å². The highest BCUT2D eigenvalue weighted by molar-refractivity contribution is 6.88. The first kappa shape index (κ1) is 41.9. The third-order valence-electron chi connectivity index (χ3n) is 4.53. The third kappa shape index (κ3) is 20.4.